The summed E-state index contributed by atoms with van der Waals surface area (Å²) in [6, 6.07) is 11.3. The minimum atomic E-state index is -0.220. The van der Waals surface area contributed by atoms with Crippen molar-refractivity contribution in [3.8, 4) is 5.75 Å². The van der Waals surface area contributed by atoms with Gasteiger partial charge >= 0.3 is 0 Å². The molecule has 0 saturated carbocycles. The van der Waals surface area contributed by atoms with Gasteiger partial charge in [-0.2, -0.15) is 5.10 Å². The molecule has 0 radical (unpaired) electrons. The number of anilines is 1. The predicted octanol–water partition coefficient (Wildman–Crippen LogP) is 2.44. The van der Waals surface area contributed by atoms with Crippen LogP contribution < -0.4 is 15.8 Å². The molecule has 2 aromatic carbocycles. The molecule has 22 heavy (non-hydrogen) atoms. The highest BCUT2D eigenvalue weighted by Crippen LogP contribution is 2.29. The molecule has 3 rings (SSSR count). The van der Waals surface area contributed by atoms with Gasteiger partial charge in [0.15, 0.2) is 0 Å². The van der Waals surface area contributed by atoms with E-state index >= 15 is 0 Å². The zero-order chi connectivity index (χ0) is 15.7. The minimum Gasteiger partial charge on any atom is -0.872 e. The average Bonchev–Trinajstić information content (AvgIpc) is 2.98. The molecule has 1 heterocycles. The lowest BCUT2D eigenvalue weighted by Gasteiger charge is -2.16. The number of hydrazone groups is 1. The summed E-state index contributed by atoms with van der Waals surface area (Å²) in [6.45, 7) is 0. The van der Waals surface area contributed by atoms with E-state index in [1.807, 2.05) is 12.1 Å². The maximum Gasteiger partial charge on any atom is 0.0948 e. The molecule has 0 aliphatic carbocycles. The highest BCUT2D eigenvalue weighted by molar-refractivity contribution is 6.30. The molecule has 1 unspecified atom stereocenters. The quantitative estimate of drug-likeness (QED) is 0.756. The Morgan fingerprint density at radius 1 is 1.18 bits per heavy atom. The van der Waals surface area contributed by atoms with Gasteiger partial charge in [0.05, 0.1) is 17.4 Å². The summed E-state index contributed by atoms with van der Waals surface area (Å²) in [6.07, 6.45) is 0.525. The van der Waals surface area contributed by atoms with Crippen molar-refractivity contribution < 1.29 is 15.5 Å². The molecule has 0 saturated heterocycles. The van der Waals surface area contributed by atoms with E-state index in [1.165, 1.54) is 18.2 Å². The van der Waals surface area contributed by atoms with E-state index in [0.717, 1.165) is 5.56 Å². The van der Waals surface area contributed by atoms with Gasteiger partial charge in [0.25, 0.3) is 0 Å². The second-order valence-corrected chi connectivity index (χ2v) is 5.40. The van der Waals surface area contributed by atoms with Gasteiger partial charge in [-0.15, -0.1) is 5.23 Å². The Morgan fingerprint density at radius 2 is 1.91 bits per heavy atom. The molecule has 3 N–H and O–H groups in total. The molecular weight excluding hydrogens is 306 g/mol. The first-order chi connectivity index (χ1) is 10.5. The van der Waals surface area contributed by atoms with E-state index < -0.39 is 0 Å². The smallest absolute Gasteiger partial charge is 0.0948 e. The van der Waals surface area contributed by atoms with Crippen LogP contribution in [-0.4, -0.2) is 16.1 Å². The van der Waals surface area contributed by atoms with Crippen molar-refractivity contribution in [3.63, 3.8) is 0 Å². The highest BCUT2D eigenvalue weighted by atomic mass is 35.5. The van der Waals surface area contributed by atoms with Crippen molar-refractivity contribution in [2.45, 2.75) is 12.5 Å². The number of hydrogen-bond acceptors (Lipinski definition) is 6. The molecule has 0 spiro atoms. The van der Waals surface area contributed by atoms with Crippen LogP contribution in [0.4, 0.5) is 5.69 Å². The predicted molar refractivity (Wildman–Crippen MR) is 80.4 cm³/mol. The zero-order valence-electron chi connectivity index (χ0n) is 11.4. The lowest BCUT2D eigenvalue weighted by Crippen LogP contribution is -2.13. The molecule has 1 atom stereocenters. The number of halogens is 1. The van der Waals surface area contributed by atoms with E-state index in [4.69, 9.17) is 22.0 Å². The van der Waals surface area contributed by atoms with Gasteiger partial charge in [-0.3, -0.25) is 10.4 Å². The third-order valence-corrected chi connectivity index (χ3v) is 3.78. The Bertz CT molecular complexity index is 716. The molecule has 2 aromatic rings. The number of hydrogen-bond donors (Lipinski definition) is 3. The summed E-state index contributed by atoms with van der Waals surface area (Å²) in [5, 5.41) is 34.9. The first-order valence-electron chi connectivity index (χ1n) is 6.61. The van der Waals surface area contributed by atoms with Gasteiger partial charge in [0.1, 0.15) is 0 Å². The van der Waals surface area contributed by atoms with E-state index in [-0.39, 0.29) is 22.7 Å². The van der Waals surface area contributed by atoms with Crippen molar-refractivity contribution in [2.24, 2.45) is 5.10 Å². The number of nitrogens with zero attached hydrogens (tertiary/aromatic N) is 2. The van der Waals surface area contributed by atoms with Crippen LogP contribution in [0.5, 0.6) is 5.75 Å². The fraction of sp³-hybridized carbons (Fsp3) is 0.133. The summed E-state index contributed by atoms with van der Waals surface area (Å²) in [5.41, 5.74) is 5.02. The van der Waals surface area contributed by atoms with Crippen LogP contribution in [0.1, 0.15) is 23.6 Å². The van der Waals surface area contributed by atoms with Crippen molar-refractivity contribution in [1.29, 1.82) is 0 Å². The van der Waals surface area contributed by atoms with Crippen LogP contribution >= 0.6 is 11.6 Å². The molecule has 1 aliphatic rings. The summed E-state index contributed by atoms with van der Waals surface area (Å²) < 4.78 is 0. The van der Waals surface area contributed by atoms with Crippen LogP contribution in [0.2, 0.25) is 5.02 Å². The normalized spacial score (nSPS) is 17.0. The Balaban J connectivity index is 1.83. The Hall–Kier alpha value is -2.28. The maximum absolute atomic E-state index is 12.0. The van der Waals surface area contributed by atoms with E-state index in [9.17, 15) is 5.11 Å². The number of nitrogens with one attached hydrogen (secondary N) is 1. The van der Waals surface area contributed by atoms with Crippen molar-refractivity contribution in [2.75, 3.05) is 5.23 Å². The molecule has 7 heteroatoms. The molecule has 0 amide bonds. The minimum absolute atomic E-state index is 0.0252. The summed E-state index contributed by atoms with van der Waals surface area (Å²) in [7, 11) is 0. The number of benzene rings is 2. The van der Waals surface area contributed by atoms with Crippen LogP contribution in [0.15, 0.2) is 47.6 Å². The second kappa shape index (κ2) is 5.84. The number of rotatable bonds is 3. The Kier molecular flexibility index (Phi) is 3.89. The molecule has 6 nitrogen and oxygen atoms in total. The second-order valence-electron chi connectivity index (χ2n) is 4.97. The van der Waals surface area contributed by atoms with Crippen LogP contribution in [0.25, 0.3) is 0 Å². The van der Waals surface area contributed by atoms with Crippen molar-refractivity contribution >= 4 is 23.0 Å². The fourth-order valence-corrected chi connectivity index (χ4v) is 2.49. The molecule has 0 fully saturated rings. The van der Waals surface area contributed by atoms with Crippen LogP contribution in [0, 0.1) is 0 Å². The topological polar surface area (TPSA) is 91.2 Å². The zero-order valence-corrected chi connectivity index (χ0v) is 12.2. The largest absolute Gasteiger partial charge is 0.872 e. The summed E-state index contributed by atoms with van der Waals surface area (Å²) in [5.74, 6) is -0.220. The third kappa shape index (κ3) is 2.85. The highest BCUT2D eigenvalue weighted by Gasteiger charge is 2.22. The molecule has 0 aromatic heterocycles. The van der Waals surface area contributed by atoms with E-state index in [1.54, 1.807) is 12.1 Å². The fourth-order valence-electron chi connectivity index (χ4n) is 2.37. The first-order valence-corrected chi connectivity index (χ1v) is 6.99. The Morgan fingerprint density at radius 3 is 2.59 bits per heavy atom. The molecule has 1 aliphatic heterocycles. The lowest BCUT2D eigenvalue weighted by atomic mass is 9.98. The first kappa shape index (κ1) is 14.6. The average molecular weight is 319 g/mol. The van der Waals surface area contributed by atoms with Gasteiger partial charge in [0, 0.05) is 11.4 Å². The van der Waals surface area contributed by atoms with Gasteiger partial charge in [-0.05, 0) is 35.4 Å². The summed E-state index contributed by atoms with van der Waals surface area (Å²) in [4.78, 5) is 0. The SMILES string of the molecule is [O-]c1ccc(N(O)O)cc1C1=NNC(c2ccc(Cl)cc2)C1. The monoisotopic (exact) mass is 318 g/mol. The van der Waals surface area contributed by atoms with Gasteiger partial charge < -0.3 is 10.5 Å². The van der Waals surface area contributed by atoms with Crippen molar-refractivity contribution in [3.05, 3.63) is 58.6 Å². The molecular formula is C15H13ClN3O3-. The van der Waals surface area contributed by atoms with Gasteiger partial charge in [0.2, 0.25) is 0 Å². The standard InChI is InChI=1S/C15H14ClN3O3/c16-10-3-1-9(2-4-10)13-8-14(18-17-13)12-7-11(19(21)22)5-6-15(12)20/h1-7,13,17,20-22H,8H2/p-1. The van der Waals surface area contributed by atoms with E-state index in [2.05, 4.69) is 10.5 Å². The lowest BCUT2D eigenvalue weighted by molar-refractivity contribution is -0.268. The van der Waals surface area contributed by atoms with Crippen molar-refractivity contribution in [1.82, 2.24) is 5.43 Å². The molecule has 114 valence electrons. The third-order valence-electron chi connectivity index (χ3n) is 3.53. The van der Waals surface area contributed by atoms with Crippen LogP contribution in [0.3, 0.4) is 0 Å². The Labute approximate surface area is 131 Å². The molecule has 0 bridgehead atoms. The summed E-state index contributed by atoms with van der Waals surface area (Å²) >= 11 is 5.87. The van der Waals surface area contributed by atoms with E-state index in [0.29, 0.717) is 22.7 Å². The van der Waals surface area contributed by atoms with Crippen LogP contribution in [-0.2, 0) is 0 Å². The maximum atomic E-state index is 12.0. The van der Waals surface area contributed by atoms with Gasteiger partial charge in [-0.25, -0.2) is 0 Å². The van der Waals surface area contributed by atoms with Gasteiger partial charge in [-0.1, -0.05) is 35.5 Å².